The molecular formula is C11H18N4O2. The summed E-state index contributed by atoms with van der Waals surface area (Å²) in [5.74, 6) is 0.379. The Morgan fingerprint density at radius 2 is 2.41 bits per heavy atom. The quantitative estimate of drug-likeness (QED) is 0.423. The highest BCUT2D eigenvalue weighted by molar-refractivity contribution is 5.78. The summed E-state index contributed by atoms with van der Waals surface area (Å²) in [7, 11) is 1.71. The van der Waals surface area contributed by atoms with Gasteiger partial charge in [0.25, 0.3) is 0 Å². The number of hydrogen-bond donors (Lipinski definition) is 0. The molecule has 17 heavy (non-hydrogen) atoms. The highest BCUT2D eigenvalue weighted by atomic mass is 16.5. The van der Waals surface area contributed by atoms with Gasteiger partial charge in [0.2, 0.25) is 5.91 Å². The van der Waals surface area contributed by atoms with Gasteiger partial charge in [-0.1, -0.05) is 11.5 Å². The summed E-state index contributed by atoms with van der Waals surface area (Å²) < 4.78 is 5.25. The van der Waals surface area contributed by atoms with Gasteiger partial charge in [-0.3, -0.25) is 4.79 Å². The van der Waals surface area contributed by atoms with Crippen molar-refractivity contribution in [3.63, 3.8) is 0 Å². The minimum atomic E-state index is -0.0632. The first-order chi connectivity index (χ1) is 8.22. The van der Waals surface area contributed by atoms with Gasteiger partial charge in [-0.25, -0.2) is 0 Å². The third-order valence-corrected chi connectivity index (χ3v) is 4.15. The van der Waals surface area contributed by atoms with Crippen LogP contribution in [0.15, 0.2) is 5.11 Å². The molecular weight excluding hydrogens is 220 g/mol. The minimum Gasteiger partial charge on any atom is -0.384 e. The average Bonchev–Trinajstić information content (AvgIpc) is 2.66. The molecule has 6 nitrogen and oxygen atoms in total. The van der Waals surface area contributed by atoms with Crippen molar-refractivity contribution in [3.8, 4) is 0 Å². The smallest absolute Gasteiger partial charge is 0.228 e. The number of hydrogen-bond acceptors (Lipinski definition) is 3. The number of azide groups is 1. The first kappa shape index (κ1) is 12.2. The number of ether oxygens (including phenoxy) is 1. The summed E-state index contributed by atoms with van der Waals surface area (Å²) in [6.45, 7) is 2.20. The van der Waals surface area contributed by atoms with E-state index < -0.39 is 0 Å². The number of carbonyl (C=O) groups is 1. The fourth-order valence-corrected chi connectivity index (χ4v) is 3.04. The SMILES string of the molecule is COC[C@@H]1CN(C(=O)CN=[N+]=[N-])CC12CCC2. The van der Waals surface area contributed by atoms with Gasteiger partial charge in [-0.05, 0) is 23.8 Å². The molecule has 1 saturated heterocycles. The maximum absolute atomic E-state index is 11.8. The zero-order chi connectivity index (χ0) is 12.3. The van der Waals surface area contributed by atoms with Gasteiger partial charge >= 0.3 is 0 Å². The molecule has 6 heteroatoms. The second kappa shape index (κ2) is 4.94. The number of methoxy groups -OCH3 is 1. The van der Waals surface area contributed by atoms with Crippen molar-refractivity contribution in [2.75, 3.05) is 33.4 Å². The molecule has 0 aromatic carbocycles. The van der Waals surface area contributed by atoms with Gasteiger partial charge in [0.15, 0.2) is 0 Å². The lowest BCUT2D eigenvalue weighted by Gasteiger charge is -2.42. The fraction of sp³-hybridized carbons (Fsp3) is 0.909. The van der Waals surface area contributed by atoms with E-state index in [0.717, 1.165) is 13.1 Å². The largest absolute Gasteiger partial charge is 0.384 e. The molecule has 2 aliphatic rings. The van der Waals surface area contributed by atoms with Crippen molar-refractivity contribution < 1.29 is 9.53 Å². The lowest BCUT2D eigenvalue weighted by atomic mass is 9.63. The summed E-state index contributed by atoms with van der Waals surface area (Å²) >= 11 is 0. The minimum absolute atomic E-state index is 0.0623. The second-order valence-electron chi connectivity index (χ2n) is 5.03. The second-order valence-corrected chi connectivity index (χ2v) is 5.03. The van der Waals surface area contributed by atoms with E-state index in [1.807, 2.05) is 4.90 Å². The summed E-state index contributed by atoms with van der Waals surface area (Å²) in [4.78, 5) is 16.3. The lowest BCUT2D eigenvalue weighted by Crippen LogP contribution is -2.39. The topological polar surface area (TPSA) is 78.3 Å². The van der Waals surface area contributed by atoms with Crippen LogP contribution in [0.5, 0.6) is 0 Å². The van der Waals surface area contributed by atoms with Gasteiger partial charge in [0.05, 0.1) is 6.61 Å². The molecule has 1 aliphatic heterocycles. The van der Waals surface area contributed by atoms with Crippen molar-refractivity contribution in [2.45, 2.75) is 19.3 Å². The monoisotopic (exact) mass is 238 g/mol. The Morgan fingerprint density at radius 1 is 1.65 bits per heavy atom. The number of amides is 1. The van der Waals surface area contributed by atoms with E-state index in [0.29, 0.717) is 12.5 Å². The third-order valence-electron chi connectivity index (χ3n) is 4.15. The van der Waals surface area contributed by atoms with Crippen LogP contribution in [0.4, 0.5) is 0 Å². The van der Waals surface area contributed by atoms with Crippen LogP contribution in [0, 0.1) is 11.3 Å². The molecule has 1 heterocycles. The maximum Gasteiger partial charge on any atom is 0.228 e. The third kappa shape index (κ3) is 2.23. The highest BCUT2D eigenvalue weighted by Crippen LogP contribution is 2.51. The van der Waals surface area contributed by atoms with Crippen molar-refractivity contribution in [3.05, 3.63) is 10.4 Å². The molecule has 0 N–H and O–H groups in total. The Hall–Kier alpha value is -1.26. The van der Waals surface area contributed by atoms with Crippen LogP contribution in [-0.4, -0.2) is 44.2 Å². The lowest BCUT2D eigenvalue weighted by molar-refractivity contribution is -0.129. The molecule has 2 rings (SSSR count). The van der Waals surface area contributed by atoms with E-state index in [-0.39, 0.29) is 17.9 Å². The van der Waals surface area contributed by atoms with E-state index in [4.69, 9.17) is 10.3 Å². The molecule has 1 atom stereocenters. The van der Waals surface area contributed by atoms with Gasteiger partial charge in [-0.15, -0.1) is 0 Å². The van der Waals surface area contributed by atoms with Gasteiger partial charge in [0, 0.05) is 31.0 Å². The highest BCUT2D eigenvalue weighted by Gasteiger charge is 2.50. The van der Waals surface area contributed by atoms with Gasteiger partial charge in [-0.2, -0.15) is 0 Å². The molecule has 0 radical (unpaired) electrons. The molecule has 0 bridgehead atoms. The predicted molar refractivity (Wildman–Crippen MR) is 62.2 cm³/mol. The van der Waals surface area contributed by atoms with Crippen molar-refractivity contribution in [1.82, 2.24) is 4.90 Å². The van der Waals surface area contributed by atoms with Crippen LogP contribution in [0.25, 0.3) is 10.4 Å². The molecule has 2 fully saturated rings. The van der Waals surface area contributed by atoms with E-state index in [2.05, 4.69) is 10.0 Å². The Kier molecular flexibility index (Phi) is 3.54. The molecule has 0 aromatic rings. The molecule has 1 spiro atoms. The molecule has 1 amide bonds. The van der Waals surface area contributed by atoms with Crippen LogP contribution in [0.2, 0.25) is 0 Å². The molecule has 0 unspecified atom stereocenters. The summed E-state index contributed by atoms with van der Waals surface area (Å²) in [6, 6.07) is 0. The maximum atomic E-state index is 11.8. The van der Waals surface area contributed by atoms with Crippen molar-refractivity contribution in [2.24, 2.45) is 16.4 Å². The van der Waals surface area contributed by atoms with Crippen LogP contribution in [0.1, 0.15) is 19.3 Å². The first-order valence-corrected chi connectivity index (χ1v) is 5.99. The van der Waals surface area contributed by atoms with Gasteiger partial charge in [0.1, 0.15) is 6.54 Å². The Morgan fingerprint density at radius 3 is 2.94 bits per heavy atom. The van der Waals surface area contributed by atoms with E-state index in [1.54, 1.807) is 7.11 Å². The Labute approximate surface area is 101 Å². The average molecular weight is 238 g/mol. The van der Waals surface area contributed by atoms with Crippen LogP contribution in [0.3, 0.4) is 0 Å². The first-order valence-electron chi connectivity index (χ1n) is 5.99. The zero-order valence-corrected chi connectivity index (χ0v) is 10.1. The van der Waals surface area contributed by atoms with Crippen molar-refractivity contribution in [1.29, 1.82) is 0 Å². The Bertz CT molecular complexity index is 347. The number of rotatable bonds is 4. The van der Waals surface area contributed by atoms with E-state index >= 15 is 0 Å². The van der Waals surface area contributed by atoms with E-state index in [1.165, 1.54) is 19.3 Å². The predicted octanol–water partition coefficient (Wildman–Crippen LogP) is 1.57. The van der Waals surface area contributed by atoms with Crippen molar-refractivity contribution >= 4 is 5.91 Å². The van der Waals surface area contributed by atoms with Crippen LogP contribution >= 0.6 is 0 Å². The molecule has 94 valence electrons. The Balaban J connectivity index is 1.99. The normalized spacial score (nSPS) is 25.5. The standard InChI is InChI=1S/C11H18N4O2/c1-17-7-9-6-15(10(16)5-13-14-12)8-11(9)3-2-4-11/h9H,2-8H2,1H3/t9-/m0/s1. The van der Waals surface area contributed by atoms with Gasteiger partial charge < -0.3 is 9.64 Å². The number of likely N-dealkylation sites (tertiary alicyclic amines) is 1. The summed E-state index contributed by atoms with van der Waals surface area (Å²) in [5.41, 5.74) is 8.50. The molecule has 0 aromatic heterocycles. The van der Waals surface area contributed by atoms with Crippen LogP contribution in [-0.2, 0) is 9.53 Å². The van der Waals surface area contributed by atoms with Crippen LogP contribution < -0.4 is 0 Å². The number of nitrogens with zero attached hydrogens (tertiary/aromatic N) is 4. The summed E-state index contributed by atoms with van der Waals surface area (Å²) in [6.07, 6.45) is 3.62. The number of carbonyl (C=O) groups excluding carboxylic acids is 1. The molecule has 1 aliphatic carbocycles. The zero-order valence-electron chi connectivity index (χ0n) is 10.1. The fourth-order valence-electron chi connectivity index (χ4n) is 3.04. The van der Waals surface area contributed by atoms with E-state index in [9.17, 15) is 4.79 Å². The summed E-state index contributed by atoms with van der Waals surface area (Å²) in [5, 5.41) is 3.34. The molecule has 1 saturated carbocycles.